The number of H-pyrrole nitrogens is 1. The van der Waals surface area contributed by atoms with Gasteiger partial charge in [-0.1, -0.05) is 0 Å². The third-order valence-corrected chi connectivity index (χ3v) is 4.93. The van der Waals surface area contributed by atoms with Crippen LogP contribution in [0, 0.1) is 5.92 Å². The Labute approximate surface area is 157 Å². The highest BCUT2D eigenvalue weighted by molar-refractivity contribution is 5.97. The molecule has 0 radical (unpaired) electrons. The molecule has 0 unspecified atom stereocenters. The van der Waals surface area contributed by atoms with Crippen molar-refractivity contribution in [2.75, 3.05) is 26.7 Å². The van der Waals surface area contributed by atoms with Gasteiger partial charge in [-0.15, -0.1) is 12.4 Å². The molecule has 1 aromatic heterocycles. The van der Waals surface area contributed by atoms with E-state index in [1.54, 1.807) is 18.2 Å². The first kappa shape index (κ1) is 20.2. The van der Waals surface area contributed by atoms with Crippen LogP contribution in [0.1, 0.15) is 30.1 Å². The van der Waals surface area contributed by atoms with Gasteiger partial charge in [0.25, 0.3) is 5.91 Å². The smallest absolute Gasteiger partial charge is 0.316 e. The molecule has 0 aliphatic carbocycles. The van der Waals surface area contributed by atoms with E-state index in [2.05, 4.69) is 10.3 Å². The van der Waals surface area contributed by atoms with Crippen molar-refractivity contribution in [3.63, 3.8) is 0 Å². The quantitative estimate of drug-likeness (QED) is 0.780. The van der Waals surface area contributed by atoms with Gasteiger partial charge in [-0.25, -0.2) is 0 Å². The molecule has 142 valence electrons. The number of rotatable bonds is 4. The summed E-state index contributed by atoms with van der Waals surface area (Å²) < 4.78 is 1.42. The van der Waals surface area contributed by atoms with Gasteiger partial charge in [0.1, 0.15) is 0 Å². The van der Waals surface area contributed by atoms with Crippen LogP contribution in [0.3, 0.4) is 0 Å². The summed E-state index contributed by atoms with van der Waals surface area (Å²) in [6.45, 7) is 4.69. The molecule has 0 spiro atoms. The molecular weight excluding hydrogens is 356 g/mol. The van der Waals surface area contributed by atoms with E-state index in [0.29, 0.717) is 29.1 Å². The van der Waals surface area contributed by atoms with Crippen LogP contribution in [-0.2, 0) is 6.54 Å². The van der Waals surface area contributed by atoms with Gasteiger partial charge in [0.05, 0.1) is 11.0 Å². The van der Waals surface area contributed by atoms with Crippen LogP contribution in [0.5, 0.6) is 0 Å². The predicted octanol–water partition coefficient (Wildman–Crippen LogP) is 1.20. The molecule has 8 heteroatoms. The number of fused-ring (bicyclic) bond motifs is 1. The number of carbonyl (C=O) groups is 1. The second-order valence-electron chi connectivity index (χ2n) is 6.53. The predicted molar refractivity (Wildman–Crippen MR) is 104 cm³/mol. The van der Waals surface area contributed by atoms with Crippen molar-refractivity contribution in [1.82, 2.24) is 19.8 Å². The number of aromatic amines is 1. The lowest BCUT2D eigenvalue weighted by atomic mass is 9.96. The van der Waals surface area contributed by atoms with Gasteiger partial charge in [0, 0.05) is 25.2 Å². The minimum Gasteiger partial charge on any atom is -0.339 e. The van der Waals surface area contributed by atoms with Gasteiger partial charge in [0.2, 0.25) is 0 Å². The summed E-state index contributed by atoms with van der Waals surface area (Å²) in [5.41, 5.74) is 0.461. The van der Waals surface area contributed by atoms with E-state index in [1.165, 1.54) is 4.57 Å². The first-order valence-electron chi connectivity index (χ1n) is 8.76. The molecule has 2 aromatic rings. The molecule has 1 aliphatic rings. The molecule has 7 nitrogen and oxygen atoms in total. The first-order chi connectivity index (χ1) is 12.0. The lowest BCUT2D eigenvalue weighted by Gasteiger charge is -2.32. The second kappa shape index (κ2) is 8.51. The lowest BCUT2D eigenvalue weighted by Crippen LogP contribution is -2.40. The van der Waals surface area contributed by atoms with Gasteiger partial charge < -0.3 is 19.8 Å². The standard InChI is InChI=1S/C18H24N4O3.ClH/c1-3-22-15-5-4-13(10-14(15)20-16(23)18(22)25)17(24)21-8-6-12(7-9-21)11-19-2;/h4-5,10,12,19H,3,6-9,11H2,1-2H3,(H,20,23);1H. The summed E-state index contributed by atoms with van der Waals surface area (Å²) in [5.74, 6) is 0.584. The number of aryl methyl sites for hydroxylation is 1. The molecule has 0 saturated carbocycles. The SMILES string of the molecule is CCn1c(=O)c(=O)[nH]c2cc(C(=O)N3CCC(CNC)CC3)ccc21.Cl. The van der Waals surface area contributed by atoms with Crippen molar-refractivity contribution in [2.45, 2.75) is 26.3 Å². The Hall–Kier alpha value is -2.12. The fraction of sp³-hybridized carbons (Fsp3) is 0.500. The van der Waals surface area contributed by atoms with Gasteiger partial charge in [-0.3, -0.25) is 14.4 Å². The number of nitrogens with zero attached hydrogens (tertiary/aromatic N) is 2. The van der Waals surface area contributed by atoms with E-state index in [4.69, 9.17) is 0 Å². The van der Waals surface area contributed by atoms with Crippen LogP contribution in [0.2, 0.25) is 0 Å². The number of benzene rings is 1. The Balaban J connectivity index is 0.00000243. The number of amides is 1. The largest absolute Gasteiger partial charge is 0.339 e. The Kier molecular flexibility index (Phi) is 6.61. The Morgan fingerprint density at radius 1 is 1.27 bits per heavy atom. The third kappa shape index (κ3) is 3.83. The van der Waals surface area contributed by atoms with Crippen LogP contribution < -0.4 is 16.4 Å². The monoisotopic (exact) mass is 380 g/mol. The lowest BCUT2D eigenvalue weighted by molar-refractivity contribution is 0.0691. The highest BCUT2D eigenvalue weighted by atomic mass is 35.5. The molecule has 1 aromatic carbocycles. The van der Waals surface area contributed by atoms with Crippen LogP contribution in [0.15, 0.2) is 27.8 Å². The van der Waals surface area contributed by atoms with E-state index >= 15 is 0 Å². The highest BCUT2D eigenvalue weighted by Gasteiger charge is 2.23. The molecule has 26 heavy (non-hydrogen) atoms. The summed E-state index contributed by atoms with van der Waals surface area (Å²) >= 11 is 0. The summed E-state index contributed by atoms with van der Waals surface area (Å²) in [4.78, 5) is 40.9. The Bertz CT molecular complexity index is 897. The third-order valence-electron chi connectivity index (χ3n) is 4.93. The van der Waals surface area contributed by atoms with Crippen LogP contribution in [-0.4, -0.2) is 47.0 Å². The normalized spacial score (nSPS) is 15.1. The molecule has 0 bridgehead atoms. The van der Waals surface area contributed by atoms with E-state index in [9.17, 15) is 14.4 Å². The number of nitrogens with one attached hydrogen (secondary N) is 2. The van der Waals surface area contributed by atoms with Crippen molar-refractivity contribution < 1.29 is 4.79 Å². The van der Waals surface area contributed by atoms with Gasteiger partial charge in [-0.2, -0.15) is 0 Å². The zero-order valence-electron chi connectivity index (χ0n) is 15.1. The van der Waals surface area contributed by atoms with E-state index in [-0.39, 0.29) is 18.3 Å². The van der Waals surface area contributed by atoms with E-state index < -0.39 is 11.1 Å². The topological polar surface area (TPSA) is 87.2 Å². The van der Waals surface area contributed by atoms with Crippen molar-refractivity contribution in [3.8, 4) is 0 Å². The molecule has 1 fully saturated rings. The zero-order valence-corrected chi connectivity index (χ0v) is 15.9. The molecule has 0 atom stereocenters. The van der Waals surface area contributed by atoms with Gasteiger partial charge in [-0.05, 0) is 57.5 Å². The number of carbonyl (C=O) groups excluding carboxylic acids is 1. The van der Waals surface area contributed by atoms with E-state index in [1.807, 2.05) is 18.9 Å². The minimum absolute atomic E-state index is 0. The summed E-state index contributed by atoms with van der Waals surface area (Å²) in [6.07, 6.45) is 1.98. The van der Waals surface area contributed by atoms with Crippen LogP contribution >= 0.6 is 12.4 Å². The van der Waals surface area contributed by atoms with Crippen molar-refractivity contribution in [3.05, 3.63) is 44.5 Å². The molecular formula is C18H25ClN4O3. The van der Waals surface area contributed by atoms with Crippen LogP contribution in [0.25, 0.3) is 11.0 Å². The second-order valence-corrected chi connectivity index (χ2v) is 6.53. The molecule has 3 rings (SSSR count). The summed E-state index contributed by atoms with van der Waals surface area (Å²) in [6, 6.07) is 5.13. The molecule has 2 N–H and O–H groups in total. The molecule has 2 heterocycles. The molecule has 1 aliphatic heterocycles. The number of hydrogen-bond acceptors (Lipinski definition) is 4. The first-order valence-corrected chi connectivity index (χ1v) is 8.76. The maximum absolute atomic E-state index is 12.8. The maximum Gasteiger partial charge on any atom is 0.316 e. The van der Waals surface area contributed by atoms with Gasteiger partial charge in [0.15, 0.2) is 0 Å². The fourth-order valence-corrected chi connectivity index (χ4v) is 3.54. The fourth-order valence-electron chi connectivity index (χ4n) is 3.54. The number of likely N-dealkylation sites (tertiary alicyclic amines) is 1. The average molecular weight is 381 g/mol. The number of piperidine rings is 1. The Morgan fingerprint density at radius 2 is 1.96 bits per heavy atom. The summed E-state index contributed by atoms with van der Waals surface area (Å²) in [7, 11) is 1.95. The average Bonchev–Trinajstić information content (AvgIpc) is 2.63. The maximum atomic E-state index is 12.8. The van der Waals surface area contributed by atoms with Crippen LogP contribution in [0.4, 0.5) is 0 Å². The zero-order chi connectivity index (χ0) is 18.0. The number of halogens is 1. The van der Waals surface area contributed by atoms with Crippen molar-refractivity contribution >= 4 is 29.3 Å². The molecule has 1 amide bonds. The Morgan fingerprint density at radius 3 is 2.58 bits per heavy atom. The number of hydrogen-bond donors (Lipinski definition) is 2. The minimum atomic E-state index is -0.660. The molecule has 1 saturated heterocycles. The number of aromatic nitrogens is 2. The summed E-state index contributed by atoms with van der Waals surface area (Å²) in [5, 5.41) is 3.19. The van der Waals surface area contributed by atoms with Crippen molar-refractivity contribution in [1.29, 1.82) is 0 Å². The van der Waals surface area contributed by atoms with Gasteiger partial charge >= 0.3 is 11.1 Å². The van der Waals surface area contributed by atoms with E-state index in [0.717, 1.165) is 32.5 Å². The highest BCUT2D eigenvalue weighted by Crippen LogP contribution is 2.20. The van der Waals surface area contributed by atoms with Crippen molar-refractivity contribution in [2.24, 2.45) is 5.92 Å².